The van der Waals surface area contributed by atoms with E-state index in [4.69, 9.17) is 9.47 Å². The van der Waals surface area contributed by atoms with Crippen molar-refractivity contribution in [2.45, 2.75) is 6.61 Å². The number of hydrogen-bond acceptors (Lipinski definition) is 5. The Bertz CT molecular complexity index is 382. The number of nitrogens with one attached hydrogen (secondary N) is 1. The highest BCUT2D eigenvalue weighted by molar-refractivity contribution is 5.62. The minimum absolute atomic E-state index is 0.0631. The van der Waals surface area contributed by atoms with Crippen LogP contribution in [0.25, 0.3) is 0 Å². The third-order valence-electron chi connectivity index (χ3n) is 2.23. The summed E-state index contributed by atoms with van der Waals surface area (Å²) in [6.45, 7) is 1.45. The number of methoxy groups -OCH3 is 1. The van der Waals surface area contributed by atoms with E-state index in [-0.39, 0.29) is 5.69 Å². The van der Waals surface area contributed by atoms with Gasteiger partial charge in [0.05, 0.1) is 24.7 Å². The highest BCUT2D eigenvalue weighted by atomic mass is 16.6. The van der Waals surface area contributed by atoms with Gasteiger partial charge in [0.1, 0.15) is 5.69 Å². The SMILES string of the molecule is CNc1cc(COCCOC)ccc1[N+](=O)[O-]. The zero-order chi connectivity index (χ0) is 12.7. The van der Waals surface area contributed by atoms with Gasteiger partial charge in [0.2, 0.25) is 0 Å². The van der Waals surface area contributed by atoms with Crippen LogP contribution >= 0.6 is 0 Å². The Morgan fingerprint density at radius 3 is 2.76 bits per heavy atom. The molecule has 1 aromatic carbocycles. The number of benzene rings is 1. The van der Waals surface area contributed by atoms with Crippen molar-refractivity contribution in [1.82, 2.24) is 0 Å². The van der Waals surface area contributed by atoms with Gasteiger partial charge in [-0.3, -0.25) is 10.1 Å². The highest BCUT2D eigenvalue weighted by Gasteiger charge is 2.12. The van der Waals surface area contributed by atoms with E-state index in [1.54, 1.807) is 26.3 Å². The van der Waals surface area contributed by atoms with Crippen LogP contribution in [0.3, 0.4) is 0 Å². The predicted octanol–water partition coefficient (Wildman–Crippen LogP) is 1.80. The first-order valence-corrected chi connectivity index (χ1v) is 5.20. The van der Waals surface area contributed by atoms with Gasteiger partial charge in [-0.25, -0.2) is 0 Å². The molecule has 0 saturated heterocycles. The molecule has 0 aliphatic rings. The van der Waals surface area contributed by atoms with Crippen LogP contribution in [0, 0.1) is 10.1 Å². The van der Waals surface area contributed by atoms with Crippen molar-refractivity contribution >= 4 is 11.4 Å². The van der Waals surface area contributed by atoms with E-state index in [9.17, 15) is 10.1 Å². The van der Waals surface area contributed by atoms with Crippen LogP contribution in [0.5, 0.6) is 0 Å². The van der Waals surface area contributed by atoms with Gasteiger partial charge in [-0.1, -0.05) is 0 Å². The number of hydrogen-bond donors (Lipinski definition) is 1. The molecule has 0 radical (unpaired) electrons. The molecule has 0 aliphatic carbocycles. The van der Waals surface area contributed by atoms with E-state index in [1.165, 1.54) is 6.07 Å². The lowest BCUT2D eigenvalue weighted by Gasteiger charge is -2.06. The van der Waals surface area contributed by atoms with Crippen LogP contribution in [-0.2, 0) is 16.1 Å². The fourth-order valence-corrected chi connectivity index (χ4v) is 1.36. The summed E-state index contributed by atoms with van der Waals surface area (Å²) in [7, 11) is 3.26. The van der Waals surface area contributed by atoms with Crippen molar-refractivity contribution in [3.05, 3.63) is 33.9 Å². The molecule has 0 bridgehead atoms. The average molecular weight is 240 g/mol. The molecule has 0 heterocycles. The molecule has 0 atom stereocenters. The molecule has 6 nitrogen and oxygen atoms in total. The molecule has 0 unspecified atom stereocenters. The second-order valence-electron chi connectivity index (χ2n) is 3.40. The van der Waals surface area contributed by atoms with Gasteiger partial charge in [0.15, 0.2) is 0 Å². The lowest BCUT2D eigenvalue weighted by Crippen LogP contribution is -2.03. The van der Waals surface area contributed by atoms with E-state index in [1.807, 2.05) is 0 Å². The molecular formula is C11H16N2O4. The van der Waals surface area contributed by atoms with Gasteiger partial charge < -0.3 is 14.8 Å². The summed E-state index contributed by atoms with van der Waals surface area (Å²) in [5.74, 6) is 0. The Kier molecular flexibility index (Phi) is 5.38. The molecule has 17 heavy (non-hydrogen) atoms. The first-order chi connectivity index (χ1) is 8.19. The monoisotopic (exact) mass is 240 g/mol. The minimum Gasteiger partial charge on any atom is -0.383 e. The third kappa shape index (κ3) is 4.01. The molecule has 0 spiro atoms. The van der Waals surface area contributed by atoms with E-state index in [0.29, 0.717) is 25.5 Å². The number of rotatable bonds is 7. The maximum atomic E-state index is 10.7. The largest absolute Gasteiger partial charge is 0.383 e. The second-order valence-corrected chi connectivity index (χ2v) is 3.40. The maximum absolute atomic E-state index is 10.7. The van der Waals surface area contributed by atoms with Gasteiger partial charge in [-0.15, -0.1) is 0 Å². The van der Waals surface area contributed by atoms with Gasteiger partial charge in [0.25, 0.3) is 5.69 Å². The van der Waals surface area contributed by atoms with Crippen molar-refractivity contribution in [3.63, 3.8) is 0 Å². The van der Waals surface area contributed by atoms with E-state index >= 15 is 0 Å². The van der Waals surface area contributed by atoms with Crippen molar-refractivity contribution in [2.75, 3.05) is 32.7 Å². The fraction of sp³-hybridized carbons (Fsp3) is 0.455. The molecule has 1 aromatic rings. The Labute approximate surface area is 99.7 Å². The average Bonchev–Trinajstić information content (AvgIpc) is 2.34. The smallest absolute Gasteiger partial charge is 0.292 e. The van der Waals surface area contributed by atoms with Crippen LogP contribution in [0.4, 0.5) is 11.4 Å². The first kappa shape index (κ1) is 13.4. The molecule has 1 N–H and O–H groups in total. The lowest BCUT2D eigenvalue weighted by molar-refractivity contribution is -0.384. The van der Waals surface area contributed by atoms with Crippen LogP contribution in [0.2, 0.25) is 0 Å². The molecule has 0 fully saturated rings. The third-order valence-corrected chi connectivity index (χ3v) is 2.23. The highest BCUT2D eigenvalue weighted by Crippen LogP contribution is 2.25. The van der Waals surface area contributed by atoms with E-state index in [2.05, 4.69) is 5.32 Å². The summed E-state index contributed by atoms with van der Waals surface area (Å²) in [5.41, 5.74) is 1.44. The zero-order valence-electron chi connectivity index (χ0n) is 9.93. The summed E-state index contributed by atoms with van der Waals surface area (Å²) in [6, 6.07) is 4.87. The Balaban J connectivity index is 2.66. The molecule has 0 saturated carbocycles. The Morgan fingerprint density at radius 1 is 1.41 bits per heavy atom. The van der Waals surface area contributed by atoms with Crippen molar-refractivity contribution < 1.29 is 14.4 Å². The second kappa shape index (κ2) is 6.82. The first-order valence-electron chi connectivity index (χ1n) is 5.20. The lowest BCUT2D eigenvalue weighted by atomic mass is 10.2. The van der Waals surface area contributed by atoms with Gasteiger partial charge >= 0.3 is 0 Å². The fourth-order valence-electron chi connectivity index (χ4n) is 1.36. The van der Waals surface area contributed by atoms with Crippen LogP contribution in [0.15, 0.2) is 18.2 Å². The summed E-state index contributed by atoms with van der Waals surface area (Å²) in [4.78, 5) is 10.3. The maximum Gasteiger partial charge on any atom is 0.292 e. The molecule has 94 valence electrons. The molecule has 0 aliphatic heterocycles. The van der Waals surface area contributed by atoms with Crippen LogP contribution in [0.1, 0.15) is 5.56 Å². The number of nitro groups is 1. The van der Waals surface area contributed by atoms with Crippen LogP contribution in [-0.4, -0.2) is 32.3 Å². The van der Waals surface area contributed by atoms with E-state index < -0.39 is 4.92 Å². The van der Waals surface area contributed by atoms with Crippen LogP contribution < -0.4 is 5.32 Å². The Morgan fingerprint density at radius 2 is 2.18 bits per heavy atom. The topological polar surface area (TPSA) is 73.6 Å². The van der Waals surface area contributed by atoms with E-state index in [0.717, 1.165) is 5.56 Å². The predicted molar refractivity (Wildman–Crippen MR) is 64.2 cm³/mol. The summed E-state index contributed by atoms with van der Waals surface area (Å²) in [5, 5.41) is 13.5. The van der Waals surface area contributed by atoms with Gasteiger partial charge in [0, 0.05) is 20.2 Å². The standard InChI is InChI=1S/C11H16N2O4/c1-12-10-7-9(8-17-6-5-16-2)3-4-11(10)13(14)15/h3-4,7,12H,5-6,8H2,1-2H3. The summed E-state index contributed by atoms with van der Waals surface area (Å²) >= 11 is 0. The molecule has 1 rings (SSSR count). The van der Waals surface area contributed by atoms with Crippen molar-refractivity contribution in [1.29, 1.82) is 0 Å². The molecule has 6 heteroatoms. The molecular weight excluding hydrogens is 224 g/mol. The number of ether oxygens (including phenoxy) is 2. The number of nitro benzene ring substituents is 1. The van der Waals surface area contributed by atoms with Gasteiger partial charge in [-0.2, -0.15) is 0 Å². The van der Waals surface area contributed by atoms with Gasteiger partial charge in [-0.05, 0) is 17.7 Å². The van der Waals surface area contributed by atoms with Crippen molar-refractivity contribution in [3.8, 4) is 0 Å². The molecule has 0 aromatic heterocycles. The number of anilines is 1. The normalized spacial score (nSPS) is 10.2. The number of nitrogens with zero attached hydrogens (tertiary/aromatic N) is 1. The quantitative estimate of drug-likeness (QED) is 0.447. The Hall–Kier alpha value is -1.66. The summed E-state index contributed by atoms with van der Waals surface area (Å²) in [6.07, 6.45) is 0. The minimum atomic E-state index is -0.415. The molecule has 0 amide bonds. The van der Waals surface area contributed by atoms with Crippen molar-refractivity contribution in [2.24, 2.45) is 0 Å². The zero-order valence-corrected chi connectivity index (χ0v) is 9.93. The summed E-state index contributed by atoms with van der Waals surface area (Å²) < 4.78 is 10.2.